The van der Waals surface area contributed by atoms with Gasteiger partial charge in [-0.05, 0) is 60.2 Å². The fourth-order valence-corrected chi connectivity index (χ4v) is 4.46. The van der Waals surface area contributed by atoms with E-state index in [9.17, 15) is 9.59 Å². The zero-order chi connectivity index (χ0) is 25.2. The van der Waals surface area contributed by atoms with Crippen molar-refractivity contribution < 1.29 is 18.7 Å². The molecule has 1 aromatic heterocycles. The lowest BCUT2D eigenvalue weighted by Crippen LogP contribution is -2.25. The van der Waals surface area contributed by atoms with Crippen LogP contribution in [0, 0.1) is 0 Å². The maximum absolute atomic E-state index is 13.6. The number of hydrogen-bond donors (Lipinski definition) is 0. The summed E-state index contributed by atoms with van der Waals surface area (Å²) in [5.41, 5.74) is 3.79. The third-order valence-corrected chi connectivity index (χ3v) is 6.26. The number of carbonyl (C=O) groups excluding carboxylic acids is 2. The monoisotopic (exact) mass is 515 g/mol. The first-order chi connectivity index (χ1) is 17.4. The molecule has 0 bridgehead atoms. The maximum atomic E-state index is 13.6. The molecule has 7 heteroatoms. The van der Waals surface area contributed by atoms with Crippen LogP contribution in [0.2, 0.25) is 10.0 Å². The summed E-state index contributed by atoms with van der Waals surface area (Å²) < 4.78 is 10.7. The molecule has 4 aromatic rings. The van der Waals surface area contributed by atoms with Crippen molar-refractivity contribution in [1.82, 2.24) is 0 Å². The number of ether oxygens (including phenoxy) is 1. The number of methoxy groups -OCH3 is 1. The van der Waals surface area contributed by atoms with E-state index in [0.29, 0.717) is 44.1 Å². The van der Waals surface area contributed by atoms with Gasteiger partial charge >= 0.3 is 5.97 Å². The fourth-order valence-electron chi connectivity index (χ4n) is 3.97. The number of esters is 1. The van der Waals surface area contributed by atoms with Gasteiger partial charge in [-0.2, -0.15) is 0 Å². The van der Waals surface area contributed by atoms with E-state index in [1.807, 2.05) is 42.5 Å². The van der Waals surface area contributed by atoms with Gasteiger partial charge in [-0.1, -0.05) is 65.7 Å². The van der Waals surface area contributed by atoms with E-state index in [1.165, 1.54) is 7.11 Å². The van der Waals surface area contributed by atoms with Crippen LogP contribution in [0.3, 0.4) is 0 Å². The average molecular weight is 516 g/mol. The number of halogens is 2. The van der Waals surface area contributed by atoms with Gasteiger partial charge in [0.25, 0.3) is 5.91 Å². The number of carbonyl (C=O) groups is 2. The van der Waals surface area contributed by atoms with Crippen molar-refractivity contribution in [2.45, 2.75) is 0 Å². The second kappa shape index (κ2) is 9.90. The summed E-state index contributed by atoms with van der Waals surface area (Å²) in [5.74, 6) is 0.475. The van der Waals surface area contributed by atoms with Gasteiger partial charge < -0.3 is 9.15 Å². The molecule has 1 aliphatic heterocycles. The first-order valence-electron chi connectivity index (χ1n) is 11.0. The maximum Gasteiger partial charge on any atom is 0.337 e. The highest BCUT2D eigenvalue weighted by molar-refractivity contribution is 6.38. The third kappa shape index (κ3) is 4.59. The highest BCUT2D eigenvalue weighted by atomic mass is 35.5. The molecule has 178 valence electrons. The summed E-state index contributed by atoms with van der Waals surface area (Å²) in [4.78, 5) is 26.8. The van der Waals surface area contributed by atoms with Crippen LogP contribution in [0.15, 0.2) is 101 Å². The highest BCUT2D eigenvalue weighted by Crippen LogP contribution is 2.39. The van der Waals surface area contributed by atoms with Gasteiger partial charge in [0.1, 0.15) is 11.5 Å². The van der Waals surface area contributed by atoms with E-state index in [2.05, 4.69) is 0 Å². The molecule has 0 aliphatic carbocycles. The minimum absolute atomic E-state index is 0.238. The number of furan rings is 1. The molecule has 5 nitrogen and oxygen atoms in total. The summed E-state index contributed by atoms with van der Waals surface area (Å²) >= 11 is 12.6. The van der Waals surface area contributed by atoms with Gasteiger partial charge in [0.2, 0.25) is 0 Å². The van der Waals surface area contributed by atoms with E-state index in [4.69, 9.17) is 32.4 Å². The Bertz CT molecular complexity index is 1520. The number of anilines is 1. The van der Waals surface area contributed by atoms with Crippen LogP contribution in [-0.4, -0.2) is 19.0 Å². The molecule has 0 saturated carbocycles. The Labute approximate surface area is 217 Å². The Morgan fingerprint density at radius 2 is 1.67 bits per heavy atom. The topological polar surface area (TPSA) is 59.8 Å². The molecule has 3 aromatic carbocycles. The number of nitrogens with zero attached hydrogens (tertiary/aromatic N) is 1. The van der Waals surface area contributed by atoms with Gasteiger partial charge in [0.05, 0.1) is 29.1 Å². The lowest BCUT2D eigenvalue weighted by atomic mass is 10.1. The summed E-state index contributed by atoms with van der Waals surface area (Å²) in [6, 6.07) is 25.1. The minimum Gasteiger partial charge on any atom is -0.465 e. The van der Waals surface area contributed by atoms with Crippen LogP contribution in [0.1, 0.15) is 21.7 Å². The van der Waals surface area contributed by atoms with Crippen LogP contribution in [0.25, 0.3) is 23.1 Å². The molecule has 2 heterocycles. The molecule has 1 amide bonds. The van der Waals surface area contributed by atoms with Crippen molar-refractivity contribution in [3.05, 3.63) is 124 Å². The number of rotatable bonds is 5. The Morgan fingerprint density at radius 3 is 2.36 bits per heavy atom. The van der Waals surface area contributed by atoms with Gasteiger partial charge in [0.15, 0.2) is 0 Å². The first kappa shape index (κ1) is 23.7. The largest absolute Gasteiger partial charge is 0.465 e. The van der Waals surface area contributed by atoms with E-state index in [1.54, 1.807) is 59.5 Å². The standard InChI is InChI=1S/C29H19Cl2NO4/c1-35-29(34)20-9-7-19(8-10-20)27-14-12-23(36-27)15-21-16-26(18-5-3-2-4-6-18)32(28(21)33)25-13-11-22(30)17-24(25)31/h2-17H,1H3/b21-15+. The van der Waals surface area contributed by atoms with Crippen LogP contribution < -0.4 is 4.90 Å². The quantitative estimate of drug-likeness (QED) is 0.204. The van der Waals surface area contributed by atoms with Crippen molar-refractivity contribution >= 4 is 52.5 Å². The molecule has 36 heavy (non-hydrogen) atoms. The van der Waals surface area contributed by atoms with Crippen LogP contribution in [0.4, 0.5) is 5.69 Å². The number of amides is 1. The van der Waals surface area contributed by atoms with Crippen LogP contribution >= 0.6 is 23.2 Å². The summed E-state index contributed by atoms with van der Waals surface area (Å²) in [7, 11) is 1.34. The lowest BCUT2D eigenvalue weighted by molar-refractivity contribution is -0.113. The summed E-state index contributed by atoms with van der Waals surface area (Å²) in [6.07, 6.45) is 3.51. The Balaban J connectivity index is 1.50. The zero-order valence-corrected chi connectivity index (χ0v) is 20.6. The summed E-state index contributed by atoms with van der Waals surface area (Å²) in [5, 5.41) is 0.855. The van der Waals surface area contributed by atoms with Crippen molar-refractivity contribution in [3.63, 3.8) is 0 Å². The third-order valence-electron chi connectivity index (χ3n) is 5.72. The zero-order valence-electron chi connectivity index (χ0n) is 19.1. The van der Waals surface area contributed by atoms with Crippen LogP contribution in [-0.2, 0) is 9.53 Å². The Kier molecular flexibility index (Phi) is 6.51. The summed E-state index contributed by atoms with van der Waals surface area (Å²) in [6.45, 7) is 0. The van der Waals surface area contributed by atoms with Gasteiger partial charge in [0, 0.05) is 16.2 Å². The number of hydrogen-bond acceptors (Lipinski definition) is 4. The molecule has 0 fully saturated rings. The normalized spacial score (nSPS) is 14.3. The van der Waals surface area contributed by atoms with Gasteiger partial charge in [-0.15, -0.1) is 0 Å². The van der Waals surface area contributed by atoms with Crippen molar-refractivity contribution in [1.29, 1.82) is 0 Å². The number of benzene rings is 3. The highest BCUT2D eigenvalue weighted by Gasteiger charge is 2.32. The predicted molar refractivity (Wildman–Crippen MR) is 142 cm³/mol. The van der Waals surface area contributed by atoms with Crippen molar-refractivity contribution in [3.8, 4) is 11.3 Å². The Morgan fingerprint density at radius 1 is 0.917 bits per heavy atom. The van der Waals surface area contributed by atoms with Crippen LogP contribution in [0.5, 0.6) is 0 Å². The fraction of sp³-hybridized carbons (Fsp3) is 0.0345. The van der Waals surface area contributed by atoms with Gasteiger partial charge in [-0.25, -0.2) is 4.79 Å². The second-order valence-corrected chi connectivity index (χ2v) is 8.85. The molecule has 0 saturated heterocycles. The van der Waals surface area contributed by atoms with Gasteiger partial charge in [-0.3, -0.25) is 9.69 Å². The molecule has 1 aliphatic rings. The lowest BCUT2D eigenvalue weighted by Gasteiger charge is -2.22. The van der Waals surface area contributed by atoms with Crippen molar-refractivity contribution in [2.24, 2.45) is 0 Å². The van der Waals surface area contributed by atoms with Crippen molar-refractivity contribution in [2.75, 3.05) is 12.0 Å². The van der Waals surface area contributed by atoms with E-state index in [0.717, 1.165) is 11.1 Å². The average Bonchev–Trinajstić information content (AvgIpc) is 3.49. The minimum atomic E-state index is -0.405. The molecule has 0 unspecified atom stereocenters. The molecular formula is C29H19Cl2NO4. The smallest absolute Gasteiger partial charge is 0.337 e. The SMILES string of the molecule is COC(=O)c1ccc(-c2ccc(/C=C3\C=C(c4ccccc4)N(c4ccc(Cl)cc4Cl)C3=O)o2)cc1. The molecular weight excluding hydrogens is 497 g/mol. The molecule has 0 radical (unpaired) electrons. The molecule has 0 N–H and O–H groups in total. The predicted octanol–water partition coefficient (Wildman–Crippen LogP) is 7.51. The molecule has 0 spiro atoms. The first-order valence-corrected chi connectivity index (χ1v) is 11.8. The molecule has 5 rings (SSSR count). The molecule has 0 atom stereocenters. The second-order valence-electron chi connectivity index (χ2n) is 8.00. The van der Waals surface area contributed by atoms with E-state index >= 15 is 0 Å². The Hall–Kier alpha value is -4.06. The van der Waals surface area contributed by atoms with E-state index in [-0.39, 0.29) is 5.91 Å². The van der Waals surface area contributed by atoms with E-state index < -0.39 is 5.97 Å².